The zero-order valence-corrected chi connectivity index (χ0v) is 10.8. The predicted molar refractivity (Wildman–Crippen MR) is 58.5 cm³/mol. The fourth-order valence-electron chi connectivity index (χ4n) is 2.27. The number of hydroxylamine groups is 3. The van der Waals surface area contributed by atoms with Crippen LogP contribution >= 0.6 is 0 Å². The molecule has 0 aromatic heterocycles. The minimum absolute atomic E-state index is 0.149. The first-order valence-electron chi connectivity index (χ1n) is 5.43. The lowest BCUT2D eigenvalue weighted by Crippen LogP contribution is -2.49. The number of hydrogen-bond donors (Lipinski definition) is 2. The molecular weight excluding hydrogens is 282 g/mol. The lowest BCUT2D eigenvalue weighted by Gasteiger charge is -2.28. The molecule has 0 spiro atoms. The van der Waals surface area contributed by atoms with Gasteiger partial charge < -0.3 is 4.90 Å². The smallest absolute Gasteiger partial charge is 0.309 e. The van der Waals surface area contributed by atoms with Crippen LogP contribution in [0.25, 0.3) is 0 Å². The molecule has 2 atom stereocenters. The first kappa shape index (κ1) is 14.0. The monoisotopic (exact) mass is 295 g/mol. The summed E-state index contributed by atoms with van der Waals surface area (Å²) >= 11 is 0. The van der Waals surface area contributed by atoms with Gasteiger partial charge in [0.2, 0.25) is 0 Å². The van der Waals surface area contributed by atoms with Crippen LogP contribution in [0.15, 0.2) is 0 Å². The van der Waals surface area contributed by atoms with Gasteiger partial charge in [0, 0.05) is 6.54 Å². The standard InChI is InChI=1S/C8H13N3O7S/c1-17-9-7(12)6-3-2-5-4-10(6)8(13)11(5)18-19(14,15)16/h5-6H,2-4H2,1H3,(H,9,12)(H,14,15,16)/t5-,6+/m0/s1. The van der Waals surface area contributed by atoms with Gasteiger partial charge in [-0.15, -0.1) is 4.28 Å². The summed E-state index contributed by atoms with van der Waals surface area (Å²) in [6.07, 6.45) is 0.719. The lowest BCUT2D eigenvalue weighted by atomic mass is 10.0. The normalized spacial score (nSPS) is 26.7. The number of urea groups is 1. The second-order valence-electron chi connectivity index (χ2n) is 4.18. The van der Waals surface area contributed by atoms with E-state index in [1.54, 1.807) is 0 Å². The first-order chi connectivity index (χ1) is 8.83. The molecule has 0 aromatic rings. The van der Waals surface area contributed by atoms with Crippen molar-refractivity contribution < 1.29 is 31.7 Å². The summed E-state index contributed by atoms with van der Waals surface area (Å²) in [5.74, 6) is -0.497. The van der Waals surface area contributed by atoms with E-state index in [2.05, 4.69) is 14.6 Å². The maximum Gasteiger partial charge on any atom is 0.418 e. The number of carbonyl (C=O) groups excluding carboxylic acids is 2. The molecule has 2 bridgehead atoms. The number of amides is 3. The van der Waals surface area contributed by atoms with Gasteiger partial charge in [-0.05, 0) is 12.8 Å². The molecule has 2 rings (SSSR count). The maximum atomic E-state index is 11.9. The maximum absolute atomic E-state index is 11.9. The SMILES string of the molecule is CONC(=O)[C@H]1CC[C@H]2CN1C(=O)N2OS(=O)(=O)O. The van der Waals surface area contributed by atoms with Crippen molar-refractivity contribution in [3.8, 4) is 0 Å². The van der Waals surface area contributed by atoms with Crippen LogP contribution in [0.5, 0.6) is 0 Å². The van der Waals surface area contributed by atoms with Crippen LogP contribution in [-0.4, -0.2) is 60.6 Å². The van der Waals surface area contributed by atoms with Gasteiger partial charge in [-0.3, -0.25) is 14.2 Å². The molecule has 2 aliphatic heterocycles. The van der Waals surface area contributed by atoms with Gasteiger partial charge >= 0.3 is 16.4 Å². The molecule has 2 saturated heterocycles. The summed E-state index contributed by atoms with van der Waals surface area (Å²) in [4.78, 5) is 29.2. The van der Waals surface area contributed by atoms with E-state index in [1.165, 1.54) is 12.0 Å². The van der Waals surface area contributed by atoms with E-state index < -0.39 is 34.4 Å². The highest BCUT2D eigenvalue weighted by atomic mass is 32.3. The number of piperidine rings is 1. The molecule has 108 valence electrons. The molecule has 11 heteroatoms. The third kappa shape index (κ3) is 2.78. The van der Waals surface area contributed by atoms with Crippen molar-refractivity contribution in [2.24, 2.45) is 0 Å². The molecule has 2 aliphatic rings. The largest absolute Gasteiger partial charge is 0.418 e. The molecule has 2 heterocycles. The van der Waals surface area contributed by atoms with E-state index in [0.29, 0.717) is 17.9 Å². The Kier molecular flexibility index (Phi) is 3.62. The minimum Gasteiger partial charge on any atom is -0.309 e. The molecule has 0 saturated carbocycles. The highest BCUT2D eigenvalue weighted by molar-refractivity contribution is 7.80. The van der Waals surface area contributed by atoms with Crippen molar-refractivity contribution >= 4 is 22.3 Å². The van der Waals surface area contributed by atoms with E-state index in [1.807, 2.05) is 0 Å². The third-order valence-corrected chi connectivity index (χ3v) is 3.35. The summed E-state index contributed by atoms with van der Waals surface area (Å²) in [6, 6.07) is -2.05. The predicted octanol–water partition coefficient (Wildman–Crippen LogP) is -1.33. The van der Waals surface area contributed by atoms with Crippen LogP contribution in [0, 0.1) is 0 Å². The Bertz CT molecular complexity index is 493. The topological polar surface area (TPSA) is 125 Å². The molecule has 10 nitrogen and oxygen atoms in total. The number of rotatable bonds is 4. The molecule has 0 aliphatic carbocycles. The van der Waals surface area contributed by atoms with Crippen molar-refractivity contribution in [1.29, 1.82) is 0 Å². The van der Waals surface area contributed by atoms with E-state index in [0.717, 1.165) is 0 Å². The Morgan fingerprint density at radius 2 is 2.16 bits per heavy atom. The van der Waals surface area contributed by atoms with Crippen LogP contribution in [0.2, 0.25) is 0 Å². The minimum atomic E-state index is -4.77. The average molecular weight is 295 g/mol. The van der Waals surface area contributed by atoms with Crippen molar-refractivity contribution in [3.05, 3.63) is 0 Å². The summed E-state index contributed by atoms with van der Waals surface area (Å²) in [5, 5.41) is 0.579. The number of carbonyl (C=O) groups is 2. The van der Waals surface area contributed by atoms with Gasteiger partial charge in [0.15, 0.2) is 0 Å². The summed E-state index contributed by atoms with van der Waals surface area (Å²) in [7, 11) is -3.51. The van der Waals surface area contributed by atoms with Gasteiger partial charge in [0.05, 0.1) is 13.2 Å². The highest BCUT2D eigenvalue weighted by Crippen LogP contribution is 2.30. The molecule has 2 N–H and O–H groups in total. The first-order valence-corrected chi connectivity index (χ1v) is 6.79. The van der Waals surface area contributed by atoms with Gasteiger partial charge in [-0.25, -0.2) is 10.3 Å². The Balaban J connectivity index is 2.13. The van der Waals surface area contributed by atoms with Crippen LogP contribution in [0.1, 0.15) is 12.8 Å². The summed E-state index contributed by atoms with van der Waals surface area (Å²) in [6.45, 7) is 0.149. The van der Waals surface area contributed by atoms with Crippen LogP contribution in [-0.2, 0) is 24.3 Å². The Morgan fingerprint density at radius 1 is 1.47 bits per heavy atom. The lowest BCUT2D eigenvalue weighted by molar-refractivity contribution is -0.136. The van der Waals surface area contributed by atoms with Crippen molar-refractivity contribution in [2.75, 3.05) is 13.7 Å². The fourth-order valence-corrected chi connectivity index (χ4v) is 2.66. The molecule has 3 amide bonds. The Labute approximate surface area is 109 Å². The van der Waals surface area contributed by atoms with Gasteiger partial charge in [0.1, 0.15) is 6.04 Å². The average Bonchev–Trinajstić information content (AvgIpc) is 2.53. The molecular formula is C8H13N3O7S. The summed E-state index contributed by atoms with van der Waals surface area (Å²) in [5.41, 5.74) is 2.12. The summed E-state index contributed by atoms with van der Waals surface area (Å²) < 4.78 is 34.2. The number of fused-ring (bicyclic) bond motifs is 2. The van der Waals surface area contributed by atoms with E-state index >= 15 is 0 Å². The molecule has 0 aromatic carbocycles. The van der Waals surface area contributed by atoms with Crippen LogP contribution in [0.4, 0.5) is 4.79 Å². The number of hydrogen-bond acceptors (Lipinski definition) is 6. The Hall–Kier alpha value is -1.43. The van der Waals surface area contributed by atoms with Crippen LogP contribution < -0.4 is 5.48 Å². The van der Waals surface area contributed by atoms with Crippen molar-refractivity contribution in [3.63, 3.8) is 0 Å². The van der Waals surface area contributed by atoms with E-state index in [9.17, 15) is 18.0 Å². The van der Waals surface area contributed by atoms with Gasteiger partial charge in [-0.2, -0.15) is 13.5 Å². The second-order valence-corrected chi connectivity index (χ2v) is 5.18. The zero-order chi connectivity index (χ0) is 14.2. The molecule has 0 radical (unpaired) electrons. The van der Waals surface area contributed by atoms with Crippen LogP contribution in [0.3, 0.4) is 0 Å². The molecule has 19 heavy (non-hydrogen) atoms. The second kappa shape index (κ2) is 4.92. The van der Waals surface area contributed by atoms with Gasteiger partial charge in [-0.1, -0.05) is 0 Å². The van der Waals surface area contributed by atoms with Crippen molar-refractivity contribution in [2.45, 2.75) is 24.9 Å². The Morgan fingerprint density at radius 3 is 2.74 bits per heavy atom. The number of nitrogens with one attached hydrogen (secondary N) is 1. The highest BCUT2D eigenvalue weighted by Gasteiger charge is 2.49. The fraction of sp³-hybridized carbons (Fsp3) is 0.750. The van der Waals surface area contributed by atoms with E-state index in [4.69, 9.17) is 4.55 Å². The quantitative estimate of drug-likeness (QED) is 0.486. The molecule has 0 unspecified atom stereocenters. The third-order valence-electron chi connectivity index (χ3n) is 3.00. The van der Waals surface area contributed by atoms with E-state index in [-0.39, 0.29) is 6.54 Å². The zero-order valence-electron chi connectivity index (χ0n) is 9.98. The number of nitrogens with zero attached hydrogens (tertiary/aromatic N) is 2. The van der Waals surface area contributed by atoms with Crippen molar-refractivity contribution in [1.82, 2.24) is 15.4 Å². The van der Waals surface area contributed by atoms with Gasteiger partial charge in [0.25, 0.3) is 5.91 Å². The molecule has 2 fully saturated rings.